The Kier molecular flexibility index (Phi) is 5.40. The molecule has 1 aromatic heterocycles. The lowest BCUT2D eigenvalue weighted by Gasteiger charge is -2.13. The van der Waals surface area contributed by atoms with Gasteiger partial charge in [0.25, 0.3) is 0 Å². The minimum atomic E-state index is -0.176. The Morgan fingerprint density at radius 1 is 1.20 bits per heavy atom. The summed E-state index contributed by atoms with van der Waals surface area (Å²) in [5, 5.41) is 9.86. The molecule has 0 saturated carbocycles. The average Bonchev–Trinajstić information content (AvgIpc) is 3.01. The number of rotatable bonds is 7. The van der Waals surface area contributed by atoms with Crippen LogP contribution in [0.2, 0.25) is 0 Å². The van der Waals surface area contributed by atoms with Gasteiger partial charge in [0, 0.05) is 6.04 Å². The molecule has 3 rings (SSSR count). The van der Waals surface area contributed by atoms with Crippen LogP contribution in [0.5, 0.6) is 11.5 Å². The minimum Gasteiger partial charge on any atom is -0.506 e. The molecular formula is C19H22N2O3S. The summed E-state index contributed by atoms with van der Waals surface area (Å²) in [6.45, 7) is 0. The topological polar surface area (TPSA) is 88.3 Å². The molecule has 1 unspecified atom stereocenters. The fraction of sp³-hybridized carbons (Fsp3) is 0.316. The molecule has 132 valence electrons. The number of hydrogen-bond acceptors (Lipinski definition) is 5. The SMILES string of the molecule is COc1ccc(CCCCC(N)c2ccc(O)c3[nH]c(=O)sc23)cc1. The van der Waals surface area contributed by atoms with E-state index in [2.05, 4.69) is 17.1 Å². The van der Waals surface area contributed by atoms with Gasteiger partial charge < -0.3 is 20.6 Å². The van der Waals surface area contributed by atoms with Crippen molar-refractivity contribution in [3.8, 4) is 11.5 Å². The molecule has 2 aromatic carbocycles. The van der Waals surface area contributed by atoms with Crippen molar-refractivity contribution in [3.05, 3.63) is 57.2 Å². The number of nitrogens with one attached hydrogen (secondary N) is 1. The lowest BCUT2D eigenvalue weighted by molar-refractivity contribution is 0.414. The summed E-state index contributed by atoms with van der Waals surface area (Å²) in [7, 11) is 1.66. The second kappa shape index (κ2) is 7.72. The lowest BCUT2D eigenvalue weighted by atomic mass is 9.99. The van der Waals surface area contributed by atoms with Crippen molar-refractivity contribution in [2.24, 2.45) is 5.73 Å². The number of nitrogens with two attached hydrogens (primary N) is 1. The molecule has 0 saturated heterocycles. The number of thiazole rings is 1. The number of hydrogen-bond donors (Lipinski definition) is 3. The number of ether oxygens (including phenoxy) is 1. The summed E-state index contributed by atoms with van der Waals surface area (Å²) >= 11 is 1.10. The number of aromatic amines is 1. The van der Waals surface area contributed by atoms with E-state index in [0.717, 1.165) is 53.0 Å². The summed E-state index contributed by atoms with van der Waals surface area (Å²) < 4.78 is 5.92. The predicted molar refractivity (Wildman–Crippen MR) is 102 cm³/mol. The maximum absolute atomic E-state index is 11.6. The van der Waals surface area contributed by atoms with E-state index in [4.69, 9.17) is 10.5 Å². The van der Waals surface area contributed by atoms with Gasteiger partial charge in [-0.05, 0) is 48.6 Å². The van der Waals surface area contributed by atoms with Crippen molar-refractivity contribution in [2.45, 2.75) is 31.7 Å². The number of aryl methyl sites for hydroxylation is 1. The summed E-state index contributed by atoms with van der Waals surface area (Å²) in [4.78, 5) is 14.1. The fourth-order valence-electron chi connectivity index (χ4n) is 2.97. The molecule has 4 N–H and O–H groups in total. The molecule has 0 amide bonds. The Morgan fingerprint density at radius 3 is 2.68 bits per heavy atom. The number of aromatic hydroxyl groups is 1. The van der Waals surface area contributed by atoms with Gasteiger partial charge in [0.1, 0.15) is 17.0 Å². The number of benzene rings is 2. The molecule has 0 aliphatic heterocycles. The molecular weight excluding hydrogens is 336 g/mol. The van der Waals surface area contributed by atoms with Crippen LogP contribution in [-0.4, -0.2) is 17.2 Å². The van der Waals surface area contributed by atoms with Crippen molar-refractivity contribution < 1.29 is 9.84 Å². The molecule has 0 fully saturated rings. The monoisotopic (exact) mass is 358 g/mol. The molecule has 0 spiro atoms. The first-order chi connectivity index (χ1) is 12.1. The lowest BCUT2D eigenvalue weighted by Crippen LogP contribution is -2.10. The van der Waals surface area contributed by atoms with E-state index in [1.54, 1.807) is 13.2 Å². The van der Waals surface area contributed by atoms with Crippen molar-refractivity contribution in [2.75, 3.05) is 7.11 Å². The quantitative estimate of drug-likeness (QED) is 0.562. The largest absolute Gasteiger partial charge is 0.506 e. The second-order valence-corrected chi connectivity index (χ2v) is 7.08. The molecule has 5 nitrogen and oxygen atoms in total. The molecule has 3 aromatic rings. The van der Waals surface area contributed by atoms with Crippen LogP contribution < -0.4 is 15.3 Å². The number of phenols is 1. The van der Waals surface area contributed by atoms with E-state index in [1.807, 2.05) is 18.2 Å². The minimum absolute atomic E-state index is 0.0869. The molecule has 1 heterocycles. The van der Waals surface area contributed by atoms with Gasteiger partial charge in [0.15, 0.2) is 0 Å². The maximum atomic E-state index is 11.6. The highest BCUT2D eigenvalue weighted by atomic mass is 32.1. The third kappa shape index (κ3) is 4.03. The Labute approximate surface area is 150 Å². The summed E-state index contributed by atoms with van der Waals surface area (Å²) in [6, 6.07) is 11.4. The standard InChI is InChI=1S/C19H22N2O3S/c1-24-13-8-6-12(7-9-13)4-2-3-5-15(20)14-10-11-16(22)17-18(14)25-19(23)21-17/h6-11,15,22H,2-5,20H2,1H3,(H,21,23). The van der Waals surface area contributed by atoms with E-state index in [9.17, 15) is 9.90 Å². The highest BCUT2D eigenvalue weighted by molar-refractivity contribution is 7.16. The van der Waals surface area contributed by atoms with Gasteiger partial charge in [0.05, 0.1) is 11.8 Å². The van der Waals surface area contributed by atoms with Gasteiger partial charge in [-0.15, -0.1) is 0 Å². The van der Waals surface area contributed by atoms with Crippen LogP contribution in [-0.2, 0) is 6.42 Å². The first kappa shape index (κ1) is 17.5. The predicted octanol–water partition coefficient (Wildman–Crippen LogP) is 3.72. The van der Waals surface area contributed by atoms with Crippen molar-refractivity contribution in [1.82, 2.24) is 4.98 Å². The van der Waals surface area contributed by atoms with E-state index in [-0.39, 0.29) is 16.7 Å². The van der Waals surface area contributed by atoms with Crippen molar-refractivity contribution in [3.63, 3.8) is 0 Å². The van der Waals surface area contributed by atoms with Crippen LogP contribution >= 0.6 is 11.3 Å². The van der Waals surface area contributed by atoms with Crippen LogP contribution in [0.1, 0.15) is 36.4 Å². The van der Waals surface area contributed by atoms with Crippen LogP contribution in [0.3, 0.4) is 0 Å². The number of methoxy groups -OCH3 is 1. The van der Waals surface area contributed by atoms with Crippen LogP contribution in [0.4, 0.5) is 0 Å². The van der Waals surface area contributed by atoms with E-state index in [0.29, 0.717) is 5.52 Å². The number of unbranched alkanes of at least 4 members (excludes halogenated alkanes) is 1. The highest BCUT2D eigenvalue weighted by Gasteiger charge is 2.14. The highest BCUT2D eigenvalue weighted by Crippen LogP contribution is 2.32. The Hall–Kier alpha value is -2.31. The summed E-state index contributed by atoms with van der Waals surface area (Å²) in [6.07, 6.45) is 3.88. The average molecular weight is 358 g/mol. The zero-order valence-electron chi connectivity index (χ0n) is 14.1. The van der Waals surface area contributed by atoms with Gasteiger partial charge in [0.2, 0.25) is 0 Å². The second-order valence-electron chi connectivity index (χ2n) is 6.09. The smallest absolute Gasteiger partial charge is 0.305 e. The van der Waals surface area contributed by atoms with Gasteiger partial charge in [-0.1, -0.05) is 36.0 Å². The normalized spacial score (nSPS) is 12.4. The number of fused-ring (bicyclic) bond motifs is 1. The maximum Gasteiger partial charge on any atom is 0.305 e. The van der Waals surface area contributed by atoms with Crippen LogP contribution in [0, 0.1) is 0 Å². The number of H-pyrrole nitrogens is 1. The molecule has 1 atom stereocenters. The number of aromatic nitrogens is 1. The third-order valence-corrected chi connectivity index (χ3v) is 5.31. The van der Waals surface area contributed by atoms with Gasteiger partial charge in [-0.3, -0.25) is 4.79 Å². The Bertz CT molecular complexity index is 899. The Morgan fingerprint density at radius 2 is 1.96 bits per heavy atom. The summed E-state index contributed by atoms with van der Waals surface area (Å²) in [5.41, 5.74) is 9.02. The van der Waals surface area contributed by atoms with Gasteiger partial charge in [-0.2, -0.15) is 0 Å². The molecule has 6 heteroatoms. The van der Waals surface area contributed by atoms with Crippen molar-refractivity contribution in [1.29, 1.82) is 0 Å². The zero-order chi connectivity index (χ0) is 17.8. The van der Waals surface area contributed by atoms with Crippen molar-refractivity contribution >= 4 is 21.6 Å². The molecule has 0 radical (unpaired) electrons. The molecule has 0 aliphatic rings. The first-order valence-electron chi connectivity index (χ1n) is 8.31. The Balaban J connectivity index is 1.58. The van der Waals surface area contributed by atoms with Gasteiger partial charge in [-0.25, -0.2) is 0 Å². The molecule has 0 bridgehead atoms. The summed E-state index contributed by atoms with van der Waals surface area (Å²) in [5.74, 6) is 0.955. The number of phenolic OH excluding ortho intramolecular Hbond substituents is 1. The first-order valence-corrected chi connectivity index (χ1v) is 9.13. The van der Waals surface area contributed by atoms with Gasteiger partial charge >= 0.3 is 4.87 Å². The van der Waals surface area contributed by atoms with Crippen LogP contribution in [0.15, 0.2) is 41.2 Å². The van der Waals surface area contributed by atoms with E-state index >= 15 is 0 Å². The third-order valence-electron chi connectivity index (χ3n) is 4.38. The van der Waals surface area contributed by atoms with E-state index < -0.39 is 0 Å². The zero-order valence-corrected chi connectivity index (χ0v) is 14.9. The molecule has 0 aliphatic carbocycles. The van der Waals surface area contributed by atoms with E-state index in [1.165, 1.54) is 5.56 Å². The van der Waals surface area contributed by atoms with Crippen LogP contribution in [0.25, 0.3) is 10.2 Å². The fourth-order valence-corrected chi connectivity index (χ4v) is 3.91. The molecule has 25 heavy (non-hydrogen) atoms.